The zero-order chi connectivity index (χ0) is 21.3. The first kappa shape index (κ1) is 20.9. The van der Waals surface area contributed by atoms with E-state index in [0.29, 0.717) is 23.5 Å². The quantitative estimate of drug-likeness (QED) is 0.509. The van der Waals surface area contributed by atoms with Gasteiger partial charge in [0.05, 0.1) is 13.2 Å². The van der Waals surface area contributed by atoms with Crippen LogP contribution in [0.2, 0.25) is 0 Å². The van der Waals surface area contributed by atoms with Crippen LogP contribution >= 0.6 is 0 Å². The highest BCUT2D eigenvalue weighted by atomic mass is 16.5. The van der Waals surface area contributed by atoms with Crippen LogP contribution in [-0.2, 0) is 4.79 Å². The molecule has 0 saturated carbocycles. The molecule has 0 fully saturated rings. The lowest BCUT2D eigenvalue weighted by molar-refractivity contribution is -0.114. The van der Waals surface area contributed by atoms with Crippen LogP contribution in [0.3, 0.4) is 0 Å². The van der Waals surface area contributed by atoms with Gasteiger partial charge in [-0.05, 0) is 74.5 Å². The topological polar surface area (TPSA) is 79.5 Å². The Kier molecular flexibility index (Phi) is 7.05. The Balaban J connectivity index is 1.48. The van der Waals surface area contributed by atoms with Gasteiger partial charge in [0.2, 0.25) is 5.91 Å². The molecule has 0 aliphatic heterocycles. The maximum absolute atomic E-state index is 12.3. The summed E-state index contributed by atoms with van der Waals surface area (Å²) in [4.78, 5) is 24.5. The van der Waals surface area contributed by atoms with Crippen molar-refractivity contribution in [2.75, 3.05) is 29.1 Å². The highest BCUT2D eigenvalue weighted by molar-refractivity contribution is 6.04. The number of rotatable bonds is 8. The minimum absolute atomic E-state index is 0.139. The molecule has 6 nitrogen and oxygen atoms in total. The van der Waals surface area contributed by atoms with E-state index in [4.69, 9.17) is 4.74 Å². The molecular weight excluding hydrogens is 378 g/mol. The first-order valence-corrected chi connectivity index (χ1v) is 9.78. The molecule has 0 spiro atoms. The number of ether oxygens (including phenoxy) is 1. The van der Waals surface area contributed by atoms with Gasteiger partial charge < -0.3 is 20.7 Å². The first-order chi connectivity index (χ1) is 14.5. The Morgan fingerprint density at radius 3 is 2.10 bits per heavy atom. The molecule has 6 heteroatoms. The number of carbonyl (C=O) groups excluding carboxylic acids is 2. The zero-order valence-electron chi connectivity index (χ0n) is 17.1. The lowest BCUT2D eigenvalue weighted by Crippen LogP contribution is -2.21. The van der Waals surface area contributed by atoms with Gasteiger partial charge >= 0.3 is 0 Å². The van der Waals surface area contributed by atoms with Crippen LogP contribution in [0.1, 0.15) is 22.8 Å². The molecule has 0 atom stereocenters. The average molecular weight is 403 g/mol. The standard InChI is InChI=1S/C24H25N3O3/c1-3-30-22-13-11-19(12-14-22)25-16-23(28)26-20-7-9-21(10-8-20)27-24(29)18-6-4-5-17(2)15-18/h4-15,25H,3,16H2,1-2H3,(H,26,28)(H,27,29). The van der Waals surface area contributed by atoms with Gasteiger partial charge in [0.1, 0.15) is 5.75 Å². The molecule has 0 heterocycles. The molecular formula is C24H25N3O3. The summed E-state index contributed by atoms with van der Waals surface area (Å²) in [5.74, 6) is 0.456. The van der Waals surface area contributed by atoms with Crippen molar-refractivity contribution in [2.45, 2.75) is 13.8 Å². The second-order valence-electron chi connectivity index (χ2n) is 6.76. The van der Waals surface area contributed by atoms with Crippen molar-refractivity contribution < 1.29 is 14.3 Å². The van der Waals surface area contributed by atoms with Gasteiger partial charge in [0.25, 0.3) is 5.91 Å². The fraction of sp³-hybridized carbons (Fsp3) is 0.167. The third-order valence-electron chi connectivity index (χ3n) is 4.33. The van der Waals surface area contributed by atoms with Crippen LogP contribution in [-0.4, -0.2) is 25.0 Å². The third-order valence-corrected chi connectivity index (χ3v) is 4.33. The fourth-order valence-corrected chi connectivity index (χ4v) is 2.85. The predicted molar refractivity (Wildman–Crippen MR) is 120 cm³/mol. The highest BCUT2D eigenvalue weighted by Crippen LogP contribution is 2.17. The van der Waals surface area contributed by atoms with Gasteiger partial charge in [-0.1, -0.05) is 17.7 Å². The minimum Gasteiger partial charge on any atom is -0.494 e. The minimum atomic E-state index is -0.171. The molecule has 3 rings (SSSR count). The van der Waals surface area contributed by atoms with Crippen LogP contribution < -0.4 is 20.7 Å². The van der Waals surface area contributed by atoms with E-state index in [-0.39, 0.29) is 18.4 Å². The number of aryl methyl sites for hydroxylation is 1. The molecule has 2 amide bonds. The van der Waals surface area contributed by atoms with Crippen molar-refractivity contribution >= 4 is 28.9 Å². The second kappa shape index (κ2) is 10.1. The number of nitrogens with one attached hydrogen (secondary N) is 3. The van der Waals surface area contributed by atoms with Gasteiger partial charge in [0, 0.05) is 22.6 Å². The summed E-state index contributed by atoms with van der Waals surface area (Å²) in [6.07, 6.45) is 0. The normalized spacial score (nSPS) is 10.2. The Hall–Kier alpha value is -3.80. The number of hydrogen-bond acceptors (Lipinski definition) is 4. The van der Waals surface area contributed by atoms with Gasteiger partial charge in [-0.25, -0.2) is 0 Å². The summed E-state index contributed by atoms with van der Waals surface area (Å²) < 4.78 is 5.40. The van der Waals surface area contributed by atoms with Crippen LogP contribution in [0.15, 0.2) is 72.8 Å². The third kappa shape index (κ3) is 6.10. The van der Waals surface area contributed by atoms with Crippen LogP contribution in [0.4, 0.5) is 17.1 Å². The van der Waals surface area contributed by atoms with Gasteiger partial charge in [-0.2, -0.15) is 0 Å². The van der Waals surface area contributed by atoms with Crippen molar-refractivity contribution in [3.8, 4) is 5.75 Å². The highest BCUT2D eigenvalue weighted by Gasteiger charge is 2.07. The molecule has 0 aromatic heterocycles. The summed E-state index contributed by atoms with van der Waals surface area (Å²) in [5.41, 5.74) is 3.78. The summed E-state index contributed by atoms with van der Waals surface area (Å²) in [7, 11) is 0. The molecule has 3 aromatic rings. The maximum Gasteiger partial charge on any atom is 0.255 e. The van der Waals surface area contributed by atoms with Crippen molar-refractivity contribution in [2.24, 2.45) is 0 Å². The van der Waals surface area contributed by atoms with E-state index in [1.165, 1.54) is 0 Å². The SMILES string of the molecule is CCOc1ccc(NCC(=O)Nc2ccc(NC(=O)c3cccc(C)c3)cc2)cc1. The van der Waals surface area contributed by atoms with E-state index >= 15 is 0 Å². The fourth-order valence-electron chi connectivity index (χ4n) is 2.85. The number of benzene rings is 3. The number of hydrogen-bond donors (Lipinski definition) is 3. The lowest BCUT2D eigenvalue weighted by atomic mass is 10.1. The zero-order valence-corrected chi connectivity index (χ0v) is 17.1. The van der Waals surface area contributed by atoms with E-state index in [2.05, 4.69) is 16.0 Å². The van der Waals surface area contributed by atoms with Crippen LogP contribution in [0.25, 0.3) is 0 Å². The predicted octanol–water partition coefficient (Wildman–Crippen LogP) is 4.70. The first-order valence-electron chi connectivity index (χ1n) is 9.78. The molecule has 0 radical (unpaired) electrons. The lowest BCUT2D eigenvalue weighted by Gasteiger charge is -2.10. The number of anilines is 3. The molecule has 0 saturated heterocycles. The van der Waals surface area contributed by atoms with E-state index in [0.717, 1.165) is 17.0 Å². The summed E-state index contributed by atoms with van der Waals surface area (Å²) in [6.45, 7) is 4.63. The molecule has 3 aromatic carbocycles. The smallest absolute Gasteiger partial charge is 0.255 e. The van der Waals surface area contributed by atoms with Gasteiger partial charge in [0.15, 0.2) is 0 Å². The van der Waals surface area contributed by atoms with E-state index in [1.807, 2.05) is 56.3 Å². The molecule has 0 aliphatic carbocycles. The Bertz CT molecular complexity index is 999. The Morgan fingerprint density at radius 2 is 1.47 bits per heavy atom. The van der Waals surface area contributed by atoms with Crippen LogP contribution in [0.5, 0.6) is 5.75 Å². The molecule has 3 N–H and O–H groups in total. The van der Waals surface area contributed by atoms with Gasteiger partial charge in [-0.3, -0.25) is 9.59 Å². The molecule has 154 valence electrons. The number of carbonyl (C=O) groups is 2. The Labute approximate surface area is 176 Å². The van der Waals surface area contributed by atoms with Crippen molar-refractivity contribution in [1.82, 2.24) is 0 Å². The van der Waals surface area contributed by atoms with Crippen molar-refractivity contribution in [3.05, 3.63) is 83.9 Å². The summed E-state index contributed by atoms with van der Waals surface area (Å²) in [6, 6.07) is 21.8. The van der Waals surface area contributed by atoms with Crippen LogP contribution in [0, 0.1) is 6.92 Å². The summed E-state index contributed by atoms with van der Waals surface area (Å²) in [5, 5.41) is 8.75. The summed E-state index contributed by atoms with van der Waals surface area (Å²) >= 11 is 0. The maximum atomic E-state index is 12.3. The van der Waals surface area contributed by atoms with Gasteiger partial charge in [-0.15, -0.1) is 0 Å². The Morgan fingerprint density at radius 1 is 0.833 bits per heavy atom. The largest absolute Gasteiger partial charge is 0.494 e. The second-order valence-corrected chi connectivity index (χ2v) is 6.76. The number of amides is 2. The monoisotopic (exact) mass is 403 g/mol. The van der Waals surface area contributed by atoms with Crippen molar-refractivity contribution in [3.63, 3.8) is 0 Å². The van der Waals surface area contributed by atoms with E-state index in [9.17, 15) is 9.59 Å². The molecule has 0 unspecified atom stereocenters. The molecule has 0 aliphatic rings. The molecule has 0 bridgehead atoms. The van der Waals surface area contributed by atoms with Crippen molar-refractivity contribution in [1.29, 1.82) is 0 Å². The van der Waals surface area contributed by atoms with E-state index < -0.39 is 0 Å². The average Bonchev–Trinajstić information content (AvgIpc) is 2.75. The van der Waals surface area contributed by atoms with E-state index in [1.54, 1.807) is 30.3 Å². The molecule has 30 heavy (non-hydrogen) atoms.